The van der Waals surface area contributed by atoms with Gasteiger partial charge >= 0.3 is 0 Å². The van der Waals surface area contributed by atoms with E-state index in [4.69, 9.17) is 4.43 Å². The molecule has 0 aliphatic heterocycles. The lowest BCUT2D eigenvalue weighted by molar-refractivity contribution is 0.282. The highest BCUT2D eigenvalue weighted by Crippen LogP contribution is 2.37. The average Bonchev–Trinajstić information content (AvgIpc) is 2.73. The fourth-order valence-electron chi connectivity index (χ4n) is 3.33. The summed E-state index contributed by atoms with van der Waals surface area (Å²) in [5.41, 5.74) is 1.45. The van der Waals surface area contributed by atoms with Crippen molar-refractivity contribution in [3.63, 3.8) is 0 Å². The number of hydrogen-bond acceptors (Lipinski definition) is 1. The molecule has 0 bridgehead atoms. The van der Waals surface area contributed by atoms with E-state index < -0.39 is 16.2 Å². The summed E-state index contributed by atoms with van der Waals surface area (Å²) < 4.78 is 6.43. The molecular weight excluding hydrogens is 399 g/mol. The van der Waals surface area contributed by atoms with Gasteiger partial charge in [-0.3, -0.25) is 0 Å². The molecule has 158 valence electrons. The van der Waals surface area contributed by atoms with Crippen molar-refractivity contribution in [3.05, 3.63) is 90.5 Å². The second kappa shape index (κ2) is 10.0. The van der Waals surface area contributed by atoms with Gasteiger partial charge in [-0.1, -0.05) is 106 Å². The summed E-state index contributed by atoms with van der Waals surface area (Å²) in [6, 6.07) is 30.9. The van der Waals surface area contributed by atoms with Gasteiger partial charge in [0.25, 0.3) is 0 Å². The maximum Gasteiger partial charge on any atom is 0.191 e. The molecule has 0 N–H and O–H groups in total. The SMILES string of the molecule is CC(C)(C)[Si](C)(C)OCCCc1ccccc1P(c1ccccc1)c1ccccc1. The monoisotopic (exact) mass is 434 g/mol. The van der Waals surface area contributed by atoms with Crippen LogP contribution in [0.1, 0.15) is 32.8 Å². The van der Waals surface area contributed by atoms with E-state index in [1.165, 1.54) is 21.5 Å². The minimum absolute atomic E-state index is 0.264. The highest BCUT2D eigenvalue weighted by molar-refractivity contribution is 7.79. The zero-order chi connectivity index (χ0) is 21.6. The molecule has 1 nitrogen and oxygen atoms in total. The molecular formula is C27H35OPSi. The van der Waals surface area contributed by atoms with Gasteiger partial charge in [-0.05, 0) is 60.4 Å². The van der Waals surface area contributed by atoms with Crippen molar-refractivity contribution >= 4 is 32.2 Å². The van der Waals surface area contributed by atoms with Gasteiger partial charge in [0.15, 0.2) is 8.32 Å². The molecule has 0 radical (unpaired) electrons. The maximum absolute atomic E-state index is 6.43. The molecule has 0 unspecified atom stereocenters. The van der Waals surface area contributed by atoms with Crippen LogP contribution in [0.3, 0.4) is 0 Å². The first-order valence-electron chi connectivity index (χ1n) is 10.9. The number of aryl methyl sites for hydroxylation is 1. The Morgan fingerprint density at radius 2 is 1.23 bits per heavy atom. The summed E-state index contributed by atoms with van der Waals surface area (Å²) in [6.07, 6.45) is 2.12. The molecule has 0 amide bonds. The van der Waals surface area contributed by atoms with E-state index >= 15 is 0 Å². The zero-order valence-corrected chi connectivity index (χ0v) is 21.0. The Bertz CT molecular complexity index is 877. The Balaban J connectivity index is 1.82. The molecule has 0 aliphatic rings. The molecule has 0 aromatic heterocycles. The summed E-state index contributed by atoms with van der Waals surface area (Å²) in [4.78, 5) is 0. The standard InChI is InChI=1S/C27H35OPSi/c1-27(2,3)30(4,5)28-22-14-16-23-15-12-13-21-26(23)29(24-17-8-6-9-18-24)25-19-10-7-11-20-25/h6-13,15,17-21H,14,16,22H2,1-5H3. The molecule has 0 heterocycles. The van der Waals surface area contributed by atoms with Crippen molar-refractivity contribution in [2.45, 2.75) is 51.7 Å². The fraction of sp³-hybridized carbons (Fsp3) is 0.333. The third-order valence-electron chi connectivity index (χ3n) is 6.12. The molecule has 3 rings (SSSR count). The topological polar surface area (TPSA) is 9.23 Å². The molecule has 0 saturated heterocycles. The molecule has 3 aromatic carbocycles. The van der Waals surface area contributed by atoms with Crippen LogP contribution in [-0.2, 0) is 10.8 Å². The number of hydrogen-bond donors (Lipinski definition) is 0. The van der Waals surface area contributed by atoms with Gasteiger partial charge in [0, 0.05) is 6.61 Å². The highest BCUT2D eigenvalue weighted by atomic mass is 31.1. The summed E-state index contributed by atoms with van der Waals surface area (Å²) in [7, 11) is -2.24. The maximum atomic E-state index is 6.43. The Hall–Kier alpha value is -1.73. The predicted octanol–water partition coefficient (Wildman–Crippen LogP) is 6.40. The first-order valence-corrected chi connectivity index (χ1v) is 15.2. The fourth-order valence-corrected chi connectivity index (χ4v) is 6.92. The van der Waals surface area contributed by atoms with Crippen LogP contribution in [0.25, 0.3) is 0 Å². The van der Waals surface area contributed by atoms with Crippen molar-refractivity contribution in [1.29, 1.82) is 0 Å². The van der Waals surface area contributed by atoms with Gasteiger partial charge in [-0.25, -0.2) is 0 Å². The summed E-state index contributed by atoms with van der Waals surface area (Å²) >= 11 is 0. The van der Waals surface area contributed by atoms with Gasteiger partial charge in [-0.15, -0.1) is 0 Å². The second-order valence-electron chi connectivity index (χ2n) is 9.35. The molecule has 3 aromatic rings. The Kier molecular flexibility index (Phi) is 7.68. The van der Waals surface area contributed by atoms with E-state index in [0.29, 0.717) is 0 Å². The van der Waals surface area contributed by atoms with E-state index in [-0.39, 0.29) is 5.04 Å². The molecule has 0 atom stereocenters. The molecule has 0 saturated carbocycles. The number of benzene rings is 3. The summed E-state index contributed by atoms with van der Waals surface area (Å²) in [5.74, 6) is 0. The van der Waals surface area contributed by atoms with Crippen LogP contribution in [0.5, 0.6) is 0 Å². The first kappa shape index (κ1) is 22.9. The first-order chi connectivity index (χ1) is 14.3. The second-order valence-corrected chi connectivity index (χ2v) is 16.3. The average molecular weight is 435 g/mol. The Morgan fingerprint density at radius 1 is 0.733 bits per heavy atom. The van der Waals surface area contributed by atoms with Crippen molar-refractivity contribution in [3.8, 4) is 0 Å². The minimum Gasteiger partial charge on any atom is -0.417 e. The van der Waals surface area contributed by atoms with Crippen molar-refractivity contribution in [2.75, 3.05) is 6.61 Å². The van der Waals surface area contributed by atoms with Crippen LogP contribution in [0.2, 0.25) is 18.1 Å². The van der Waals surface area contributed by atoms with Gasteiger partial charge in [0.05, 0.1) is 0 Å². The van der Waals surface area contributed by atoms with E-state index in [2.05, 4.69) is 119 Å². The molecule has 0 fully saturated rings. The minimum atomic E-state index is -1.68. The van der Waals surface area contributed by atoms with Crippen LogP contribution < -0.4 is 15.9 Å². The lowest BCUT2D eigenvalue weighted by Crippen LogP contribution is -2.41. The van der Waals surface area contributed by atoms with Gasteiger partial charge in [0.1, 0.15) is 0 Å². The van der Waals surface area contributed by atoms with Crippen LogP contribution in [-0.4, -0.2) is 14.9 Å². The normalized spacial score (nSPS) is 12.3. The molecule has 0 spiro atoms. The van der Waals surface area contributed by atoms with Gasteiger partial charge < -0.3 is 4.43 Å². The van der Waals surface area contributed by atoms with Crippen LogP contribution >= 0.6 is 7.92 Å². The van der Waals surface area contributed by atoms with Crippen molar-refractivity contribution < 1.29 is 4.43 Å². The number of rotatable bonds is 8. The highest BCUT2D eigenvalue weighted by Gasteiger charge is 2.36. The molecule has 3 heteroatoms. The summed E-state index contributed by atoms with van der Waals surface area (Å²) in [5, 5.41) is 4.55. The van der Waals surface area contributed by atoms with Gasteiger partial charge in [-0.2, -0.15) is 0 Å². The quantitative estimate of drug-likeness (QED) is 0.226. The van der Waals surface area contributed by atoms with Gasteiger partial charge in [0.2, 0.25) is 0 Å². The third kappa shape index (κ3) is 5.69. The largest absolute Gasteiger partial charge is 0.417 e. The van der Waals surface area contributed by atoms with E-state index in [0.717, 1.165) is 19.4 Å². The Morgan fingerprint density at radius 3 is 1.77 bits per heavy atom. The molecule has 30 heavy (non-hydrogen) atoms. The van der Waals surface area contributed by atoms with E-state index in [1.54, 1.807) is 0 Å². The van der Waals surface area contributed by atoms with E-state index in [9.17, 15) is 0 Å². The smallest absolute Gasteiger partial charge is 0.191 e. The third-order valence-corrected chi connectivity index (χ3v) is 13.2. The van der Waals surface area contributed by atoms with Crippen LogP contribution in [0.4, 0.5) is 0 Å². The molecule has 0 aliphatic carbocycles. The lowest BCUT2D eigenvalue weighted by Gasteiger charge is -2.36. The zero-order valence-electron chi connectivity index (χ0n) is 19.1. The van der Waals surface area contributed by atoms with E-state index in [1.807, 2.05) is 0 Å². The lowest BCUT2D eigenvalue weighted by atomic mass is 10.1. The predicted molar refractivity (Wildman–Crippen MR) is 137 cm³/mol. The van der Waals surface area contributed by atoms with Crippen LogP contribution in [0.15, 0.2) is 84.9 Å². The van der Waals surface area contributed by atoms with Crippen LogP contribution in [0, 0.1) is 0 Å². The van der Waals surface area contributed by atoms with Crippen molar-refractivity contribution in [1.82, 2.24) is 0 Å². The Labute approximate surface area is 185 Å². The summed E-state index contributed by atoms with van der Waals surface area (Å²) in [6.45, 7) is 12.4. The van der Waals surface area contributed by atoms with Crippen molar-refractivity contribution in [2.24, 2.45) is 0 Å².